The van der Waals surface area contributed by atoms with E-state index in [1.165, 1.54) is 24.8 Å². The summed E-state index contributed by atoms with van der Waals surface area (Å²) in [6.45, 7) is 3.02. The van der Waals surface area contributed by atoms with Gasteiger partial charge in [0.2, 0.25) is 0 Å². The number of nitrogens with zero attached hydrogens (tertiary/aromatic N) is 2. The quantitative estimate of drug-likeness (QED) is 0.645. The fourth-order valence-electron chi connectivity index (χ4n) is 1.63. The summed E-state index contributed by atoms with van der Waals surface area (Å²) in [5.41, 5.74) is 1.30. The number of nitrogens with one attached hydrogen (secondary N) is 1. The van der Waals surface area contributed by atoms with Crippen molar-refractivity contribution in [3.05, 3.63) is 18.0 Å². The van der Waals surface area contributed by atoms with Crippen molar-refractivity contribution in [1.29, 1.82) is 0 Å². The highest BCUT2D eigenvalue weighted by molar-refractivity contribution is 5.03. The van der Waals surface area contributed by atoms with E-state index in [0.29, 0.717) is 0 Å². The van der Waals surface area contributed by atoms with Gasteiger partial charge in [0, 0.05) is 27.0 Å². The summed E-state index contributed by atoms with van der Waals surface area (Å²) in [6.07, 6.45) is 8.71. The van der Waals surface area contributed by atoms with Crippen molar-refractivity contribution in [2.75, 3.05) is 26.8 Å². The third-order valence-corrected chi connectivity index (χ3v) is 2.55. The smallest absolute Gasteiger partial charge is 0.0522 e. The van der Waals surface area contributed by atoms with Crippen LogP contribution in [0.3, 0.4) is 0 Å². The lowest BCUT2D eigenvalue weighted by atomic mass is 10.2. The highest BCUT2D eigenvalue weighted by Gasteiger charge is 1.95. The van der Waals surface area contributed by atoms with E-state index in [2.05, 4.69) is 16.6 Å². The van der Waals surface area contributed by atoms with Gasteiger partial charge in [-0.25, -0.2) is 0 Å². The molecule has 0 radical (unpaired) electrons. The maximum atomic E-state index is 5.00. The monoisotopic (exact) mass is 225 g/mol. The molecule has 0 amide bonds. The third kappa shape index (κ3) is 5.88. The van der Waals surface area contributed by atoms with Gasteiger partial charge in [0.1, 0.15) is 0 Å². The first-order valence-electron chi connectivity index (χ1n) is 6.00. The van der Waals surface area contributed by atoms with Crippen LogP contribution >= 0.6 is 0 Å². The minimum Gasteiger partial charge on any atom is -0.385 e. The standard InChI is InChI=1S/C12H23N3O/c1-15-11-12(10-14-15)6-8-13-7-4-3-5-9-16-2/h10-11,13H,3-9H2,1-2H3. The summed E-state index contributed by atoms with van der Waals surface area (Å²) in [6, 6.07) is 0. The molecule has 16 heavy (non-hydrogen) atoms. The molecule has 92 valence electrons. The van der Waals surface area contributed by atoms with E-state index in [9.17, 15) is 0 Å². The van der Waals surface area contributed by atoms with Crippen LogP contribution < -0.4 is 5.32 Å². The van der Waals surface area contributed by atoms with E-state index in [4.69, 9.17) is 4.74 Å². The highest BCUT2D eigenvalue weighted by atomic mass is 16.5. The predicted molar refractivity (Wildman–Crippen MR) is 65.5 cm³/mol. The molecule has 1 rings (SSSR count). The average molecular weight is 225 g/mol. The lowest BCUT2D eigenvalue weighted by Crippen LogP contribution is -2.18. The summed E-state index contributed by atoms with van der Waals surface area (Å²) in [4.78, 5) is 0. The van der Waals surface area contributed by atoms with Crippen LogP contribution in [-0.2, 0) is 18.2 Å². The summed E-state index contributed by atoms with van der Waals surface area (Å²) < 4.78 is 6.85. The molecule has 0 aliphatic rings. The van der Waals surface area contributed by atoms with E-state index in [1.807, 2.05) is 17.9 Å². The van der Waals surface area contributed by atoms with E-state index < -0.39 is 0 Å². The molecule has 0 fully saturated rings. The molecule has 0 spiro atoms. The second kappa shape index (κ2) is 8.30. The van der Waals surface area contributed by atoms with Gasteiger partial charge in [-0.15, -0.1) is 0 Å². The second-order valence-electron chi connectivity index (χ2n) is 4.08. The van der Waals surface area contributed by atoms with Crippen LogP contribution in [0.4, 0.5) is 0 Å². The van der Waals surface area contributed by atoms with Crippen molar-refractivity contribution in [3.8, 4) is 0 Å². The minimum absolute atomic E-state index is 0.885. The second-order valence-corrected chi connectivity index (χ2v) is 4.08. The van der Waals surface area contributed by atoms with Crippen LogP contribution in [0.15, 0.2) is 12.4 Å². The third-order valence-electron chi connectivity index (χ3n) is 2.55. The Kier molecular flexibility index (Phi) is 6.85. The number of ether oxygens (including phenoxy) is 1. The van der Waals surface area contributed by atoms with Gasteiger partial charge < -0.3 is 10.1 Å². The Labute approximate surface area is 98.0 Å². The molecular weight excluding hydrogens is 202 g/mol. The molecule has 0 saturated heterocycles. The number of unbranched alkanes of at least 4 members (excludes halogenated alkanes) is 2. The molecule has 4 nitrogen and oxygen atoms in total. The molecule has 1 aromatic rings. The Morgan fingerprint density at radius 1 is 1.31 bits per heavy atom. The Hall–Kier alpha value is -0.870. The minimum atomic E-state index is 0.885. The SMILES string of the molecule is COCCCCCNCCc1cnn(C)c1. The normalized spacial score (nSPS) is 10.9. The number of hydrogen-bond donors (Lipinski definition) is 1. The van der Waals surface area contributed by atoms with Crippen molar-refractivity contribution in [2.24, 2.45) is 7.05 Å². The number of hydrogen-bond acceptors (Lipinski definition) is 3. The maximum absolute atomic E-state index is 5.00. The first-order chi connectivity index (χ1) is 7.83. The molecule has 0 aliphatic heterocycles. The first-order valence-corrected chi connectivity index (χ1v) is 6.00. The summed E-state index contributed by atoms with van der Waals surface area (Å²) in [5, 5.41) is 7.58. The van der Waals surface area contributed by atoms with E-state index in [0.717, 1.165) is 26.1 Å². The number of aromatic nitrogens is 2. The fourth-order valence-corrected chi connectivity index (χ4v) is 1.63. The van der Waals surface area contributed by atoms with Gasteiger partial charge in [-0.1, -0.05) is 0 Å². The van der Waals surface area contributed by atoms with Crippen LogP contribution in [0.1, 0.15) is 24.8 Å². The Morgan fingerprint density at radius 2 is 2.19 bits per heavy atom. The van der Waals surface area contributed by atoms with Crippen LogP contribution in [0.5, 0.6) is 0 Å². The zero-order valence-corrected chi connectivity index (χ0v) is 10.4. The predicted octanol–water partition coefficient (Wildman–Crippen LogP) is 1.37. The molecular formula is C12H23N3O. The van der Waals surface area contributed by atoms with Crippen molar-refractivity contribution < 1.29 is 4.74 Å². The van der Waals surface area contributed by atoms with Gasteiger partial charge in [-0.2, -0.15) is 5.10 Å². The molecule has 0 unspecified atom stereocenters. The molecule has 0 bridgehead atoms. The first kappa shape index (κ1) is 13.2. The molecule has 4 heteroatoms. The molecule has 0 atom stereocenters. The van der Waals surface area contributed by atoms with Crippen LogP contribution in [-0.4, -0.2) is 36.6 Å². The van der Waals surface area contributed by atoms with Gasteiger partial charge >= 0.3 is 0 Å². The fraction of sp³-hybridized carbons (Fsp3) is 0.750. The molecule has 1 aromatic heterocycles. The van der Waals surface area contributed by atoms with Gasteiger partial charge in [-0.05, 0) is 44.3 Å². The molecule has 0 aromatic carbocycles. The van der Waals surface area contributed by atoms with Gasteiger partial charge in [-0.3, -0.25) is 4.68 Å². The van der Waals surface area contributed by atoms with Crippen LogP contribution in [0, 0.1) is 0 Å². The summed E-state index contributed by atoms with van der Waals surface area (Å²) in [7, 11) is 3.71. The topological polar surface area (TPSA) is 39.1 Å². The van der Waals surface area contributed by atoms with Crippen LogP contribution in [0.2, 0.25) is 0 Å². The largest absolute Gasteiger partial charge is 0.385 e. The summed E-state index contributed by atoms with van der Waals surface area (Å²) >= 11 is 0. The van der Waals surface area contributed by atoms with Crippen molar-refractivity contribution in [2.45, 2.75) is 25.7 Å². The molecule has 0 aliphatic carbocycles. The van der Waals surface area contributed by atoms with Gasteiger partial charge in [0.05, 0.1) is 6.20 Å². The number of rotatable bonds is 9. The molecule has 1 heterocycles. The lowest BCUT2D eigenvalue weighted by Gasteiger charge is -2.03. The molecule has 1 N–H and O–H groups in total. The Morgan fingerprint density at radius 3 is 2.88 bits per heavy atom. The zero-order valence-electron chi connectivity index (χ0n) is 10.4. The lowest BCUT2D eigenvalue weighted by molar-refractivity contribution is 0.192. The highest BCUT2D eigenvalue weighted by Crippen LogP contribution is 1.97. The van der Waals surface area contributed by atoms with Gasteiger partial charge in [0.25, 0.3) is 0 Å². The Balaban J connectivity index is 1.88. The summed E-state index contributed by atoms with van der Waals surface area (Å²) in [5.74, 6) is 0. The van der Waals surface area contributed by atoms with E-state index >= 15 is 0 Å². The Bertz CT molecular complexity index is 273. The number of methoxy groups -OCH3 is 1. The maximum Gasteiger partial charge on any atom is 0.0522 e. The van der Waals surface area contributed by atoms with Crippen molar-refractivity contribution in [3.63, 3.8) is 0 Å². The number of aryl methyl sites for hydroxylation is 1. The van der Waals surface area contributed by atoms with E-state index in [-0.39, 0.29) is 0 Å². The van der Waals surface area contributed by atoms with Crippen LogP contribution in [0.25, 0.3) is 0 Å². The van der Waals surface area contributed by atoms with Crippen molar-refractivity contribution >= 4 is 0 Å². The van der Waals surface area contributed by atoms with E-state index in [1.54, 1.807) is 7.11 Å². The zero-order chi connectivity index (χ0) is 11.6. The molecule has 0 saturated carbocycles. The average Bonchev–Trinajstić information content (AvgIpc) is 2.68. The van der Waals surface area contributed by atoms with Crippen molar-refractivity contribution in [1.82, 2.24) is 15.1 Å². The van der Waals surface area contributed by atoms with Gasteiger partial charge in [0.15, 0.2) is 0 Å².